The van der Waals surface area contributed by atoms with Crippen molar-refractivity contribution in [1.29, 1.82) is 0 Å². The topological polar surface area (TPSA) is 43.7 Å². The first-order chi connectivity index (χ1) is 9.02. The fraction of sp³-hybridized carbons (Fsp3) is 0.600. The SMILES string of the molecule is Cc1cc(N2CCC(CCO)C2)c([C@@H](C)O)cc1F. The molecule has 0 amide bonds. The molecule has 4 heteroatoms. The van der Waals surface area contributed by atoms with Crippen molar-refractivity contribution in [2.75, 3.05) is 24.6 Å². The monoisotopic (exact) mass is 267 g/mol. The third kappa shape index (κ3) is 3.07. The number of aliphatic hydroxyl groups excluding tert-OH is 2. The van der Waals surface area contributed by atoms with E-state index in [-0.39, 0.29) is 12.4 Å². The zero-order valence-corrected chi connectivity index (χ0v) is 11.6. The van der Waals surface area contributed by atoms with E-state index in [1.54, 1.807) is 13.8 Å². The standard InChI is InChI=1S/C15H22FNO2/c1-10-7-15(13(11(2)19)8-14(10)16)17-5-3-12(9-17)4-6-18/h7-8,11-12,18-19H,3-6,9H2,1-2H3/t11-,12?/m1/s1. The minimum atomic E-state index is -0.679. The van der Waals surface area contributed by atoms with Crippen LogP contribution in [0, 0.1) is 18.7 Å². The van der Waals surface area contributed by atoms with Gasteiger partial charge < -0.3 is 15.1 Å². The van der Waals surface area contributed by atoms with Crippen molar-refractivity contribution >= 4 is 5.69 Å². The van der Waals surface area contributed by atoms with Crippen molar-refractivity contribution in [3.05, 3.63) is 29.1 Å². The fourth-order valence-corrected chi connectivity index (χ4v) is 2.76. The number of halogens is 1. The van der Waals surface area contributed by atoms with Crippen molar-refractivity contribution in [2.24, 2.45) is 5.92 Å². The molecule has 1 aromatic carbocycles. The van der Waals surface area contributed by atoms with Crippen LogP contribution >= 0.6 is 0 Å². The van der Waals surface area contributed by atoms with Gasteiger partial charge in [0.1, 0.15) is 5.82 Å². The third-order valence-corrected chi connectivity index (χ3v) is 3.92. The zero-order valence-electron chi connectivity index (χ0n) is 11.6. The quantitative estimate of drug-likeness (QED) is 0.880. The number of benzene rings is 1. The van der Waals surface area contributed by atoms with Gasteiger partial charge in [0.25, 0.3) is 0 Å². The van der Waals surface area contributed by atoms with Crippen LogP contribution in [0.15, 0.2) is 12.1 Å². The van der Waals surface area contributed by atoms with E-state index >= 15 is 0 Å². The maximum Gasteiger partial charge on any atom is 0.126 e. The van der Waals surface area contributed by atoms with Crippen LogP contribution in [0.5, 0.6) is 0 Å². The smallest absolute Gasteiger partial charge is 0.126 e. The maximum absolute atomic E-state index is 13.6. The molecule has 1 aliphatic heterocycles. The molecule has 0 spiro atoms. The van der Waals surface area contributed by atoms with Crippen molar-refractivity contribution in [2.45, 2.75) is 32.8 Å². The molecule has 0 aromatic heterocycles. The number of rotatable bonds is 4. The van der Waals surface area contributed by atoms with E-state index in [9.17, 15) is 9.50 Å². The largest absolute Gasteiger partial charge is 0.396 e. The molecule has 2 rings (SSSR count). The molecule has 1 aromatic rings. The molecule has 3 nitrogen and oxygen atoms in total. The van der Waals surface area contributed by atoms with Crippen LogP contribution in [0.4, 0.5) is 10.1 Å². The highest BCUT2D eigenvalue weighted by Gasteiger charge is 2.25. The van der Waals surface area contributed by atoms with Crippen molar-refractivity contribution in [3.8, 4) is 0 Å². The molecule has 0 saturated carbocycles. The molecule has 1 saturated heterocycles. The summed E-state index contributed by atoms with van der Waals surface area (Å²) in [7, 11) is 0. The average Bonchev–Trinajstić information content (AvgIpc) is 2.81. The van der Waals surface area contributed by atoms with Crippen LogP contribution in [-0.2, 0) is 0 Å². The van der Waals surface area contributed by atoms with Crippen LogP contribution in [0.3, 0.4) is 0 Å². The lowest BCUT2D eigenvalue weighted by atomic mass is 10.0. The van der Waals surface area contributed by atoms with Gasteiger partial charge >= 0.3 is 0 Å². The predicted octanol–water partition coefficient (Wildman–Crippen LogP) is 2.40. The minimum absolute atomic E-state index is 0.213. The first-order valence-corrected chi connectivity index (χ1v) is 6.86. The maximum atomic E-state index is 13.6. The molecule has 2 N–H and O–H groups in total. The minimum Gasteiger partial charge on any atom is -0.396 e. The van der Waals surface area contributed by atoms with Gasteiger partial charge in [-0.25, -0.2) is 4.39 Å². The molecule has 1 aliphatic rings. The van der Waals surface area contributed by atoms with Gasteiger partial charge in [0.15, 0.2) is 0 Å². The molecule has 1 unspecified atom stereocenters. The number of nitrogens with zero attached hydrogens (tertiary/aromatic N) is 1. The lowest BCUT2D eigenvalue weighted by molar-refractivity contribution is 0.199. The Bertz CT molecular complexity index is 448. The molecular formula is C15H22FNO2. The van der Waals surface area contributed by atoms with Gasteiger partial charge in [-0.15, -0.1) is 0 Å². The van der Waals surface area contributed by atoms with E-state index in [4.69, 9.17) is 5.11 Å². The van der Waals surface area contributed by atoms with E-state index < -0.39 is 6.10 Å². The third-order valence-electron chi connectivity index (χ3n) is 3.92. The summed E-state index contributed by atoms with van der Waals surface area (Å²) in [5.41, 5.74) is 2.17. The molecular weight excluding hydrogens is 245 g/mol. The van der Waals surface area contributed by atoms with Gasteiger partial charge in [0, 0.05) is 30.9 Å². The molecule has 0 radical (unpaired) electrons. The molecule has 1 fully saturated rings. The second-order valence-electron chi connectivity index (χ2n) is 5.45. The molecule has 2 atom stereocenters. The summed E-state index contributed by atoms with van der Waals surface area (Å²) in [6, 6.07) is 3.26. The number of hydrogen-bond donors (Lipinski definition) is 2. The predicted molar refractivity (Wildman–Crippen MR) is 73.8 cm³/mol. The normalized spacial score (nSPS) is 20.9. The summed E-state index contributed by atoms with van der Waals surface area (Å²) in [5.74, 6) is 0.211. The highest BCUT2D eigenvalue weighted by atomic mass is 19.1. The van der Waals surface area contributed by atoms with Crippen molar-refractivity contribution in [3.63, 3.8) is 0 Å². The second-order valence-corrected chi connectivity index (χ2v) is 5.45. The summed E-state index contributed by atoms with van der Waals surface area (Å²) in [4.78, 5) is 2.19. The molecule has 0 bridgehead atoms. The van der Waals surface area contributed by atoms with E-state index in [0.29, 0.717) is 17.0 Å². The van der Waals surface area contributed by atoms with E-state index in [0.717, 1.165) is 31.6 Å². The number of aryl methyl sites for hydroxylation is 1. The summed E-state index contributed by atoms with van der Waals surface area (Å²) < 4.78 is 13.6. The Kier molecular flexibility index (Phi) is 4.42. The van der Waals surface area contributed by atoms with Crippen LogP contribution < -0.4 is 4.90 Å². The number of aliphatic hydroxyl groups is 2. The summed E-state index contributed by atoms with van der Waals surface area (Å²) in [6.45, 7) is 5.38. The van der Waals surface area contributed by atoms with Gasteiger partial charge in [-0.2, -0.15) is 0 Å². The van der Waals surface area contributed by atoms with E-state index in [1.165, 1.54) is 6.07 Å². The fourth-order valence-electron chi connectivity index (χ4n) is 2.76. The Hall–Kier alpha value is -1.13. The first kappa shape index (κ1) is 14.3. The lowest BCUT2D eigenvalue weighted by Gasteiger charge is -2.24. The Morgan fingerprint density at radius 1 is 1.47 bits per heavy atom. The summed E-state index contributed by atoms with van der Waals surface area (Å²) in [5, 5.41) is 18.8. The first-order valence-electron chi connectivity index (χ1n) is 6.86. The Morgan fingerprint density at radius 2 is 2.21 bits per heavy atom. The molecule has 106 valence electrons. The zero-order chi connectivity index (χ0) is 14.0. The van der Waals surface area contributed by atoms with E-state index in [2.05, 4.69) is 4.90 Å². The van der Waals surface area contributed by atoms with Gasteiger partial charge in [-0.1, -0.05) is 0 Å². The van der Waals surface area contributed by atoms with Crippen molar-refractivity contribution in [1.82, 2.24) is 0 Å². The van der Waals surface area contributed by atoms with Crippen LogP contribution in [0.25, 0.3) is 0 Å². The van der Waals surface area contributed by atoms with Gasteiger partial charge in [-0.3, -0.25) is 0 Å². The lowest BCUT2D eigenvalue weighted by Crippen LogP contribution is -2.22. The van der Waals surface area contributed by atoms with E-state index in [1.807, 2.05) is 6.07 Å². The molecule has 19 heavy (non-hydrogen) atoms. The van der Waals surface area contributed by atoms with Gasteiger partial charge in [0.05, 0.1) is 6.10 Å². The molecule has 0 aliphatic carbocycles. The summed E-state index contributed by atoms with van der Waals surface area (Å²) in [6.07, 6.45) is 1.17. The summed E-state index contributed by atoms with van der Waals surface area (Å²) >= 11 is 0. The molecule has 1 heterocycles. The second kappa shape index (κ2) is 5.88. The number of anilines is 1. The van der Waals surface area contributed by atoms with Crippen LogP contribution in [0.1, 0.15) is 37.0 Å². The Balaban J connectivity index is 2.26. The Labute approximate surface area is 113 Å². The number of hydrogen-bond acceptors (Lipinski definition) is 3. The van der Waals surface area contributed by atoms with Gasteiger partial charge in [0.2, 0.25) is 0 Å². The average molecular weight is 267 g/mol. The van der Waals surface area contributed by atoms with Gasteiger partial charge in [-0.05, 0) is 50.3 Å². The van der Waals surface area contributed by atoms with Crippen LogP contribution in [0.2, 0.25) is 0 Å². The van der Waals surface area contributed by atoms with Crippen molar-refractivity contribution < 1.29 is 14.6 Å². The highest BCUT2D eigenvalue weighted by Crippen LogP contribution is 2.33. The highest BCUT2D eigenvalue weighted by molar-refractivity contribution is 5.57. The Morgan fingerprint density at radius 3 is 2.84 bits per heavy atom. The van der Waals surface area contributed by atoms with Crippen LogP contribution in [-0.4, -0.2) is 29.9 Å².